The molecule has 94 valence electrons. The summed E-state index contributed by atoms with van der Waals surface area (Å²) in [6.07, 6.45) is 2.07. The van der Waals surface area contributed by atoms with Crippen LogP contribution in [0.4, 0.5) is 5.82 Å². The summed E-state index contributed by atoms with van der Waals surface area (Å²) >= 11 is 11.3. The lowest BCUT2D eigenvalue weighted by Crippen LogP contribution is -2.32. The third-order valence-corrected chi connectivity index (χ3v) is 4.24. The fourth-order valence-corrected chi connectivity index (χ4v) is 1.57. The predicted molar refractivity (Wildman–Crippen MR) is 65.0 cm³/mol. The molecule has 0 spiro atoms. The molecule has 0 fully saturated rings. The molecule has 1 rings (SSSR count). The predicted octanol–water partition coefficient (Wildman–Crippen LogP) is 1.16. The Morgan fingerprint density at radius 1 is 1.41 bits per heavy atom. The first-order valence-electron chi connectivity index (χ1n) is 4.39. The van der Waals surface area contributed by atoms with Crippen molar-refractivity contribution in [2.75, 3.05) is 11.6 Å². The maximum absolute atomic E-state index is 11.6. The van der Waals surface area contributed by atoms with E-state index in [0.717, 1.165) is 12.6 Å². The van der Waals surface area contributed by atoms with E-state index in [1.165, 1.54) is 6.92 Å². The molecule has 9 heteroatoms. The number of rotatable bonds is 3. The minimum absolute atomic E-state index is 0.0211. The first-order valence-corrected chi connectivity index (χ1v) is 7.10. The number of sulfone groups is 1. The minimum Gasteiger partial charge on any atom is -0.308 e. The third kappa shape index (κ3) is 3.52. The summed E-state index contributed by atoms with van der Waals surface area (Å²) in [5.41, 5.74) is 0. The normalized spacial score (nSPS) is 13.2. The third-order valence-electron chi connectivity index (χ3n) is 2.00. The van der Waals surface area contributed by atoms with Crippen molar-refractivity contribution in [2.45, 2.75) is 12.2 Å². The molecular weight excluding hydrogens is 289 g/mol. The van der Waals surface area contributed by atoms with Gasteiger partial charge < -0.3 is 5.32 Å². The molecule has 0 radical (unpaired) electrons. The first-order chi connectivity index (χ1) is 7.73. The highest BCUT2D eigenvalue weighted by Crippen LogP contribution is 2.25. The number of hydrogen-bond acceptors (Lipinski definition) is 5. The molecule has 0 aliphatic heterocycles. The zero-order chi connectivity index (χ0) is 13.2. The summed E-state index contributed by atoms with van der Waals surface area (Å²) in [5.74, 6) is -0.753. The molecule has 0 saturated heterocycles. The van der Waals surface area contributed by atoms with Crippen molar-refractivity contribution in [1.82, 2.24) is 9.97 Å². The monoisotopic (exact) mass is 297 g/mol. The second-order valence-electron chi connectivity index (χ2n) is 3.29. The van der Waals surface area contributed by atoms with Gasteiger partial charge in [0.25, 0.3) is 0 Å². The van der Waals surface area contributed by atoms with Crippen molar-refractivity contribution in [1.29, 1.82) is 0 Å². The van der Waals surface area contributed by atoms with E-state index in [4.69, 9.17) is 23.2 Å². The van der Waals surface area contributed by atoms with Crippen LogP contribution in [0.3, 0.4) is 0 Å². The van der Waals surface area contributed by atoms with Crippen LogP contribution in [-0.4, -0.2) is 35.8 Å². The van der Waals surface area contributed by atoms with E-state index in [9.17, 15) is 13.2 Å². The number of aromatic nitrogens is 2. The highest BCUT2D eigenvalue weighted by molar-refractivity contribution is 7.92. The van der Waals surface area contributed by atoms with Gasteiger partial charge in [-0.1, -0.05) is 23.2 Å². The van der Waals surface area contributed by atoms with Gasteiger partial charge in [-0.15, -0.1) is 0 Å². The van der Waals surface area contributed by atoms with E-state index in [-0.39, 0.29) is 16.0 Å². The highest BCUT2D eigenvalue weighted by Gasteiger charge is 2.24. The Hall–Kier alpha value is -0.920. The lowest BCUT2D eigenvalue weighted by Gasteiger charge is -2.10. The highest BCUT2D eigenvalue weighted by atomic mass is 35.5. The van der Waals surface area contributed by atoms with Crippen molar-refractivity contribution >= 4 is 44.8 Å². The zero-order valence-electron chi connectivity index (χ0n) is 8.94. The van der Waals surface area contributed by atoms with Gasteiger partial charge in [0.1, 0.15) is 16.6 Å². The Morgan fingerprint density at radius 2 is 2.00 bits per heavy atom. The molecule has 1 unspecified atom stereocenters. The van der Waals surface area contributed by atoms with Crippen LogP contribution in [-0.2, 0) is 14.6 Å². The smallest absolute Gasteiger partial charge is 0.243 e. The number of carbonyl (C=O) groups is 1. The topological polar surface area (TPSA) is 89.0 Å². The van der Waals surface area contributed by atoms with Crippen LogP contribution < -0.4 is 5.32 Å². The number of halogens is 2. The molecule has 0 bridgehead atoms. The van der Waals surface area contributed by atoms with Crippen LogP contribution in [0.5, 0.6) is 0 Å². The molecule has 6 nitrogen and oxygen atoms in total. The van der Waals surface area contributed by atoms with Gasteiger partial charge in [0, 0.05) is 6.26 Å². The molecule has 1 amide bonds. The van der Waals surface area contributed by atoms with Crippen LogP contribution in [0.2, 0.25) is 10.2 Å². The fourth-order valence-electron chi connectivity index (χ4n) is 0.848. The van der Waals surface area contributed by atoms with Crippen molar-refractivity contribution in [3.05, 3.63) is 16.5 Å². The summed E-state index contributed by atoms with van der Waals surface area (Å²) < 4.78 is 22.3. The summed E-state index contributed by atoms with van der Waals surface area (Å²) in [6.45, 7) is 1.27. The molecule has 0 saturated carbocycles. The van der Waals surface area contributed by atoms with Crippen LogP contribution in [0.25, 0.3) is 0 Å². The maximum Gasteiger partial charge on any atom is 0.243 e. The lowest BCUT2D eigenvalue weighted by molar-refractivity contribution is -0.115. The number of nitrogens with one attached hydrogen (secondary N) is 1. The summed E-state index contributed by atoms with van der Waals surface area (Å²) in [4.78, 5) is 18.9. The standard InChI is InChI=1S/C8H9Cl2N3O3S/c1-4(17(2,15)16)8(14)13-7-5(9)6(10)11-3-12-7/h3-4H,1-2H3,(H,11,12,13,14). The second-order valence-corrected chi connectivity index (χ2v) is 6.39. The van der Waals surface area contributed by atoms with Gasteiger partial charge in [0.2, 0.25) is 5.91 Å². The van der Waals surface area contributed by atoms with Crippen molar-refractivity contribution in [3.8, 4) is 0 Å². The van der Waals surface area contributed by atoms with Crippen molar-refractivity contribution < 1.29 is 13.2 Å². The molecule has 17 heavy (non-hydrogen) atoms. The number of carbonyl (C=O) groups excluding carboxylic acids is 1. The van der Waals surface area contributed by atoms with E-state index in [1.807, 2.05) is 0 Å². The molecule has 1 heterocycles. The zero-order valence-corrected chi connectivity index (χ0v) is 11.3. The van der Waals surface area contributed by atoms with E-state index < -0.39 is 21.0 Å². The van der Waals surface area contributed by atoms with Gasteiger partial charge in [-0.25, -0.2) is 18.4 Å². The van der Waals surface area contributed by atoms with Crippen LogP contribution in [0.15, 0.2) is 6.33 Å². The van der Waals surface area contributed by atoms with Gasteiger partial charge in [-0.05, 0) is 6.92 Å². The molecule has 1 aromatic heterocycles. The van der Waals surface area contributed by atoms with E-state index in [0.29, 0.717) is 0 Å². The number of anilines is 1. The summed E-state index contributed by atoms with van der Waals surface area (Å²) in [6, 6.07) is 0. The van der Waals surface area contributed by atoms with E-state index >= 15 is 0 Å². The quantitative estimate of drug-likeness (QED) is 0.846. The number of amides is 1. The molecule has 1 N–H and O–H groups in total. The molecule has 1 aromatic rings. The molecule has 0 aliphatic rings. The lowest BCUT2D eigenvalue weighted by atomic mass is 10.4. The molecule has 0 aromatic carbocycles. The van der Waals surface area contributed by atoms with Gasteiger partial charge >= 0.3 is 0 Å². The first kappa shape index (κ1) is 14.1. The van der Waals surface area contributed by atoms with Crippen LogP contribution in [0.1, 0.15) is 6.92 Å². The molecular formula is C8H9Cl2N3O3S. The van der Waals surface area contributed by atoms with E-state index in [2.05, 4.69) is 15.3 Å². The minimum atomic E-state index is -3.48. The Morgan fingerprint density at radius 3 is 2.53 bits per heavy atom. The Kier molecular flexibility index (Phi) is 4.29. The van der Waals surface area contributed by atoms with Gasteiger partial charge in [0.15, 0.2) is 20.8 Å². The Labute approximate surface area is 108 Å². The maximum atomic E-state index is 11.6. The van der Waals surface area contributed by atoms with Crippen LogP contribution in [0, 0.1) is 0 Å². The van der Waals surface area contributed by atoms with Gasteiger partial charge in [0.05, 0.1) is 0 Å². The van der Waals surface area contributed by atoms with Gasteiger partial charge in [-0.2, -0.15) is 0 Å². The average molecular weight is 298 g/mol. The summed E-state index contributed by atoms with van der Waals surface area (Å²) in [7, 11) is -3.48. The SMILES string of the molecule is CC(C(=O)Nc1ncnc(Cl)c1Cl)S(C)(=O)=O. The Bertz CT molecular complexity index is 547. The largest absolute Gasteiger partial charge is 0.308 e. The van der Waals surface area contributed by atoms with Crippen LogP contribution >= 0.6 is 23.2 Å². The second kappa shape index (κ2) is 5.16. The van der Waals surface area contributed by atoms with Crippen molar-refractivity contribution in [2.24, 2.45) is 0 Å². The molecule has 1 atom stereocenters. The van der Waals surface area contributed by atoms with E-state index in [1.54, 1.807) is 0 Å². The Balaban J connectivity index is 2.93. The summed E-state index contributed by atoms with van der Waals surface area (Å²) in [5, 5.41) is 1.01. The fraction of sp³-hybridized carbons (Fsp3) is 0.375. The average Bonchev–Trinajstić information content (AvgIpc) is 2.22. The molecule has 0 aliphatic carbocycles. The van der Waals surface area contributed by atoms with Crippen molar-refractivity contribution in [3.63, 3.8) is 0 Å². The number of hydrogen-bond donors (Lipinski definition) is 1. The van der Waals surface area contributed by atoms with Gasteiger partial charge in [-0.3, -0.25) is 4.79 Å². The number of nitrogens with zero attached hydrogens (tertiary/aromatic N) is 2.